The van der Waals surface area contributed by atoms with E-state index in [1.54, 1.807) is 36.4 Å². The number of anilines is 1. The van der Waals surface area contributed by atoms with Crippen molar-refractivity contribution in [2.24, 2.45) is 0 Å². The molecule has 0 saturated carbocycles. The summed E-state index contributed by atoms with van der Waals surface area (Å²) in [6.45, 7) is 0. The monoisotopic (exact) mass is 388 g/mol. The van der Waals surface area contributed by atoms with Gasteiger partial charge in [-0.15, -0.1) is 0 Å². The number of pyridine rings is 1. The quantitative estimate of drug-likeness (QED) is 0.767. The molecule has 0 spiro atoms. The van der Waals surface area contributed by atoms with E-state index >= 15 is 0 Å². The lowest BCUT2D eigenvalue weighted by atomic mass is 10.2. The predicted octanol–water partition coefficient (Wildman–Crippen LogP) is 4.51. The smallest absolute Gasteiger partial charge is 0.258 e. The molecular weight excluding hydrogens is 383 g/mol. The molecule has 1 heterocycles. The molecule has 1 N–H and O–H groups in total. The van der Waals surface area contributed by atoms with E-state index in [-0.39, 0.29) is 5.91 Å². The third-order valence-electron chi connectivity index (χ3n) is 2.15. The van der Waals surface area contributed by atoms with Gasteiger partial charge in [-0.3, -0.25) is 4.79 Å². The molecule has 0 aliphatic carbocycles. The summed E-state index contributed by atoms with van der Waals surface area (Å²) in [5.74, 6) is 0.164. The zero-order valence-electron chi connectivity index (χ0n) is 8.95. The van der Waals surface area contributed by atoms with Crippen LogP contribution >= 0.6 is 43.5 Å². The van der Waals surface area contributed by atoms with Gasteiger partial charge in [-0.1, -0.05) is 23.7 Å². The Labute approximate surface area is 126 Å². The Morgan fingerprint density at radius 2 is 1.89 bits per heavy atom. The van der Waals surface area contributed by atoms with Crippen LogP contribution in [0.3, 0.4) is 0 Å². The Bertz CT molecular complexity index is 604. The summed E-state index contributed by atoms with van der Waals surface area (Å²) < 4.78 is 1.33. The summed E-state index contributed by atoms with van der Waals surface area (Å²) in [7, 11) is 0. The highest BCUT2D eigenvalue weighted by molar-refractivity contribution is 9.10. The first kappa shape index (κ1) is 13.5. The van der Waals surface area contributed by atoms with Crippen molar-refractivity contribution in [2.75, 3.05) is 5.32 Å². The van der Waals surface area contributed by atoms with Crippen LogP contribution in [0.25, 0.3) is 0 Å². The van der Waals surface area contributed by atoms with Gasteiger partial charge in [0.05, 0.1) is 10.6 Å². The molecule has 0 saturated heterocycles. The van der Waals surface area contributed by atoms with Crippen LogP contribution < -0.4 is 5.32 Å². The summed E-state index contributed by atoms with van der Waals surface area (Å²) in [4.78, 5) is 16.1. The van der Waals surface area contributed by atoms with Crippen LogP contribution in [0.5, 0.6) is 0 Å². The van der Waals surface area contributed by atoms with Crippen LogP contribution in [0.1, 0.15) is 10.4 Å². The normalized spacial score (nSPS) is 10.2. The Kier molecular flexibility index (Phi) is 4.37. The van der Waals surface area contributed by atoms with Crippen LogP contribution in [0.2, 0.25) is 5.02 Å². The zero-order chi connectivity index (χ0) is 13.1. The molecule has 3 nitrogen and oxygen atoms in total. The van der Waals surface area contributed by atoms with Gasteiger partial charge in [0.25, 0.3) is 5.91 Å². The summed E-state index contributed by atoms with van der Waals surface area (Å²) in [6.07, 6.45) is 0. The number of nitrogens with zero attached hydrogens (tertiary/aromatic N) is 1. The van der Waals surface area contributed by atoms with Gasteiger partial charge in [-0.05, 0) is 56.1 Å². The minimum atomic E-state index is -0.299. The number of amides is 1. The maximum absolute atomic E-state index is 12.0. The predicted molar refractivity (Wildman–Crippen MR) is 79.0 cm³/mol. The van der Waals surface area contributed by atoms with Gasteiger partial charge < -0.3 is 5.32 Å². The topological polar surface area (TPSA) is 42.0 Å². The number of aromatic nitrogens is 1. The molecule has 1 aromatic carbocycles. The van der Waals surface area contributed by atoms with Crippen molar-refractivity contribution in [3.8, 4) is 0 Å². The van der Waals surface area contributed by atoms with Crippen molar-refractivity contribution < 1.29 is 4.79 Å². The average Bonchev–Trinajstić information content (AvgIpc) is 2.32. The second-order valence-electron chi connectivity index (χ2n) is 3.40. The fraction of sp³-hybridized carbons (Fsp3) is 0. The first-order chi connectivity index (χ1) is 8.58. The Balaban J connectivity index is 2.25. The van der Waals surface area contributed by atoms with Crippen molar-refractivity contribution in [1.82, 2.24) is 4.98 Å². The molecule has 2 aromatic rings. The van der Waals surface area contributed by atoms with Crippen LogP contribution in [0.4, 0.5) is 5.82 Å². The van der Waals surface area contributed by atoms with Gasteiger partial charge in [-0.25, -0.2) is 4.98 Å². The van der Waals surface area contributed by atoms with E-state index in [1.165, 1.54) is 0 Å². The van der Waals surface area contributed by atoms with Crippen LogP contribution in [0.15, 0.2) is 45.5 Å². The van der Waals surface area contributed by atoms with E-state index in [0.29, 0.717) is 25.5 Å². The van der Waals surface area contributed by atoms with Crippen molar-refractivity contribution in [2.45, 2.75) is 0 Å². The van der Waals surface area contributed by atoms with Crippen molar-refractivity contribution in [1.29, 1.82) is 0 Å². The molecule has 0 radical (unpaired) electrons. The molecule has 0 fully saturated rings. The van der Waals surface area contributed by atoms with Gasteiger partial charge in [0.2, 0.25) is 0 Å². The SMILES string of the molecule is O=C(Nc1cccc(Br)n1)c1cccc(Br)c1Cl. The average molecular weight is 390 g/mol. The number of carbonyl (C=O) groups excluding carboxylic acids is 1. The lowest BCUT2D eigenvalue weighted by Crippen LogP contribution is -2.13. The summed E-state index contributed by atoms with van der Waals surface area (Å²) >= 11 is 12.6. The fourth-order valence-corrected chi connectivity index (χ4v) is 2.26. The van der Waals surface area contributed by atoms with Crippen molar-refractivity contribution in [3.63, 3.8) is 0 Å². The van der Waals surface area contributed by atoms with Crippen LogP contribution in [0, 0.1) is 0 Å². The van der Waals surface area contributed by atoms with E-state index in [9.17, 15) is 4.79 Å². The highest BCUT2D eigenvalue weighted by Gasteiger charge is 2.12. The highest BCUT2D eigenvalue weighted by Crippen LogP contribution is 2.26. The van der Waals surface area contributed by atoms with Gasteiger partial charge in [0, 0.05) is 4.47 Å². The molecule has 0 bridgehead atoms. The van der Waals surface area contributed by atoms with E-state index < -0.39 is 0 Å². The molecule has 1 amide bonds. The number of carbonyl (C=O) groups is 1. The van der Waals surface area contributed by atoms with Crippen LogP contribution in [-0.4, -0.2) is 10.9 Å². The first-order valence-corrected chi connectivity index (χ1v) is 6.92. The van der Waals surface area contributed by atoms with E-state index in [0.717, 1.165) is 0 Å². The minimum absolute atomic E-state index is 0.299. The number of hydrogen-bond donors (Lipinski definition) is 1. The molecule has 0 aliphatic rings. The molecular formula is C12H7Br2ClN2O. The lowest BCUT2D eigenvalue weighted by Gasteiger charge is -2.07. The number of nitrogens with one attached hydrogen (secondary N) is 1. The first-order valence-electron chi connectivity index (χ1n) is 4.96. The van der Waals surface area contributed by atoms with Gasteiger partial charge in [0.15, 0.2) is 0 Å². The van der Waals surface area contributed by atoms with Gasteiger partial charge in [-0.2, -0.15) is 0 Å². The number of hydrogen-bond acceptors (Lipinski definition) is 2. The van der Waals surface area contributed by atoms with E-state index in [4.69, 9.17) is 11.6 Å². The second kappa shape index (κ2) is 5.82. The minimum Gasteiger partial charge on any atom is -0.306 e. The van der Waals surface area contributed by atoms with Crippen molar-refractivity contribution >= 4 is 55.2 Å². The van der Waals surface area contributed by atoms with Gasteiger partial charge >= 0.3 is 0 Å². The maximum atomic E-state index is 12.0. The lowest BCUT2D eigenvalue weighted by molar-refractivity contribution is 0.102. The standard InChI is InChI=1S/C12H7Br2ClN2O/c13-8-4-1-3-7(11(8)15)12(18)17-10-6-2-5-9(14)16-10/h1-6H,(H,16,17,18). The molecule has 92 valence electrons. The van der Waals surface area contributed by atoms with E-state index in [2.05, 4.69) is 42.2 Å². The largest absolute Gasteiger partial charge is 0.306 e. The maximum Gasteiger partial charge on any atom is 0.258 e. The Morgan fingerprint density at radius 3 is 2.61 bits per heavy atom. The summed E-state index contributed by atoms with van der Waals surface area (Å²) in [6, 6.07) is 10.4. The molecule has 1 aromatic heterocycles. The molecule has 0 unspecified atom stereocenters. The van der Waals surface area contributed by atoms with E-state index in [1.807, 2.05) is 0 Å². The number of halogens is 3. The van der Waals surface area contributed by atoms with Gasteiger partial charge in [0.1, 0.15) is 10.4 Å². The number of rotatable bonds is 2. The second-order valence-corrected chi connectivity index (χ2v) is 5.45. The van der Waals surface area contributed by atoms with Crippen LogP contribution in [-0.2, 0) is 0 Å². The molecule has 6 heteroatoms. The fourth-order valence-electron chi connectivity index (χ4n) is 1.34. The zero-order valence-corrected chi connectivity index (χ0v) is 12.9. The third kappa shape index (κ3) is 3.10. The van der Waals surface area contributed by atoms with Crippen molar-refractivity contribution in [3.05, 3.63) is 56.1 Å². The highest BCUT2D eigenvalue weighted by atomic mass is 79.9. The Morgan fingerprint density at radius 1 is 1.17 bits per heavy atom. The number of benzene rings is 1. The molecule has 18 heavy (non-hydrogen) atoms. The molecule has 2 rings (SSSR count). The summed E-state index contributed by atoms with van der Waals surface area (Å²) in [5.41, 5.74) is 0.396. The molecule has 0 aliphatic heterocycles. The Hall–Kier alpha value is -0.910. The summed E-state index contributed by atoms with van der Waals surface area (Å²) in [5, 5.41) is 3.06. The molecule has 0 atom stereocenters. The third-order valence-corrected chi connectivity index (χ3v) is 3.89.